The fraction of sp³-hybridized carbons (Fsp3) is 0.273. The molecule has 2 N–H and O–H groups in total. The van der Waals surface area contributed by atoms with Gasteiger partial charge < -0.3 is 19.8 Å². The average Bonchev–Trinajstić information content (AvgIpc) is 2.88. The van der Waals surface area contributed by atoms with Crippen molar-refractivity contribution in [2.75, 3.05) is 27.2 Å². The summed E-state index contributed by atoms with van der Waals surface area (Å²) in [6.07, 6.45) is 3.35. The van der Waals surface area contributed by atoms with Gasteiger partial charge >= 0.3 is 11.9 Å². The van der Waals surface area contributed by atoms with Crippen molar-refractivity contribution < 1.29 is 24.5 Å². The van der Waals surface area contributed by atoms with Crippen molar-refractivity contribution in [1.29, 1.82) is 0 Å². The van der Waals surface area contributed by atoms with Crippen molar-refractivity contribution in [2.45, 2.75) is 22.6 Å². The summed E-state index contributed by atoms with van der Waals surface area (Å²) in [5.41, 5.74) is 2.91. The number of hydrogen-bond acceptors (Lipinski definition) is 5. The first-order chi connectivity index (χ1) is 13.9. The topological polar surface area (TPSA) is 87.1 Å². The molecule has 2 aromatic carbocycles. The summed E-state index contributed by atoms with van der Waals surface area (Å²) in [6, 6.07) is 15.0. The van der Waals surface area contributed by atoms with Gasteiger partial charge in [-0.15, -0.1) is 0 Å². The van der Waals surface area contributed by atoms with Gasteiger partial charge in [-0.1, -0.05) is 30.0 Å². The summed E-state index contributed by atoms with van der Waals surface area (Å²) in [5.74, 6) is -1.52. The maximum absolute atomic E-state index is 9.55. The molecule has 0 amide bonds. The van der Waals surface area contributed by atoms with Crippen LogP contribution >= 0.6 is 11.8 Å². The fourth-order valence-corrected chi connectivity index (χ4v) is 3.83. The molecule has 1 heterocycles. The van der Waals surface area contributed by atoms with E-state index in [0.717, 1.165) is 31.7 Å². The zero-order valence-electron chi connectivity index (χ0n) is 16.5. The Kier molecular flexibility index (Phi) is 8.76. The number of ether oxygens (including phenoxy) is 1. The normalized spacial score (nSPS) is 13.7. The van der Waals surface area contributed by atoms with Gasteiger partial charge in [-0.3, -0.25) is 0 Å². The summed E-state index contributed by atoms with van der Waals surface area (Å²) in [5, 5.41) is 15.6. The first kappa shape index (κ1) is 22.5. The van der Waals surface area contributed by atoms with E-state index in [1.54, 1.807) is 18.9 Å². The van der Waals surface area contributed by atoms with Gasteiger partial charge in [0, 0.05) is 30.1 Å². The summed E-state index contributed by atoms with van der Waals surface area (Å²) < 4.78 is 5.62. The van der Waals surface area contributed by atoms with Crippen molar-refractivity contribution in [3.05, 3.63) is 65.7 Å². The quantitative estimate of drug-likeness (QED) is 0.722. The number of benzene rings is 2. The van der Waals surface area contributed by atoms with Crippen LogP contribution < -0.4 is 4.74 Å². The summed E-state index contributed by atoms with van der Waals surface area (Å²) >= 11 is 1.78. The smallest absolute Gasteiger partial charge is 0.328 e. The van der Waals surface area contributed by atoms with E-state index in [-0.39, 0.29) is 0 Å². The highest BCUT2D eigenvalue weighted by atomic mass is 32.2. The molecule has 3 rings (SSSR count). The molecule has 0 saturated carbocycles. The molecule has 0 spiro atoms. The number of hydrogen-bond donors (Lipinski definition) is 2. The van der Waals surface area contributed by atoms with Crippen LogP contribution in [0.15, 0.2) is 64.4 Å². The molecule has 0 atom stereocenters. The number of methoxy groups -OCH3 is 1. The Morgan fingerprint density at radius 1 is 1.00 bits per heavy atom. The largest absolute Gasteiger partial charge is 0.496 e. The minimum absolute atomic E-state index is 0.558. The fourth-order valence-electron chi connectivity index (χ4n) is 2.84. The number of aliphatic carboxylic acids is 2. The van der Waals surface area contributed by atoms with Gasteiger partial charge in [0.05, 0.1) is 12.0 Å². The zero-order chi connectivity index (χ0) is 21.2. The third kappa shape index (κ3) is 7.63. The van der Waals surface area contributed by atoms with Gasteiger partial charge in [-0.2, -0.15) is 0 Å². The predicted molar refractivity (Wildman–Crippen MR) is 113 cm³/mol. The molecule has 29 heavy (non-hydrogen) atoms. The highest BCUT2D eigenvalue weighted by molar-refractivity contribution is 7.99. The molecule has 0 aromatic heterocycles. The van der Waals surface area contributed by atoms with Crippen molar-refractivity contribution in [3.8, 4) is 5.75 Å². The first-order valence-corrected chi connectivity index (χ1v) is 9.96. The average molecular weight is 416 g/mol. The number of carboxylic acid groups (broad SMARTS) is 2. The van der Waals surface area contributed by atoms with E-state index in [0.29, 0.717) is 12.2 Å². The van der Waals surface area contributed by atoms with Crippen LogP contribution in [0.3, 0.4) is 0 Å². The summed E-state index contributed by atoms with van der Waals surface area (Å²) in [6.45, 7) is 2.26. The molecule has 0 unspecified atom stereocenters. The Labute approximate surface area is 174 Å². The van der Waals surface area contributed by atoms with Gasteiger partial charge in [0.2, 0.25) is 0 Å². The van der Waals surface area contributed by atoms with Crippen LogP contribution in [0.5, 0.6) is 5.75 Å². The molecular weight excluding hydrogens is 390 g/mol. The molecule has 0 aliphatic carbocycles. The zero-order valence-corrected chi connectivity index (χ0v) is 17.3. The summed E-state index contributed by atoms with van der Waals surface area (Å²) in [7, 11) is 3.96. The number of carbonyl (C=O) groups is 2. The molecule has 0 fully saturated rings. The second-order valence-corrected chi connectivity index (χ2v) is 7.62. The molecule has 2 aromatic rings. The molecule has 0 saturated heterocycles. The lowest BCUT2D eigenvalue weighted by atomic mass is 10.0. The number of likely N-dealkylation sites (N-methyl/N-ethyl adjacent to an activating group) is 1. The van der Waals surface area contributed by atoms with E-state index >= 15 is 0 Å². The molecule has 6 nitrogen and oxygen atoms in total. The monoisotopic (exact) mass is 415 g/mol. The maximum atomic E-state index is 9.55. The number of fused-ring (bicyclic) bond motifs is 1. The molecule has 1 aliphatic heterocycles. The van der Waals surface area contributed by atoms with Crippen LogP contribution in [0.1, 0.15) is 11.1 Å². The highest BCUT2D eigenvalue weighted by Gasteiger charge is 2.15. The van der Waals surface area contributed by atoms with E-state index < -0.39 is 11.9 Å². The van der Waals surface area contributed by atoms with Gasteiger partial charge in [0.15, 0.2) is 0 Å². The van der Waals surface area contributed by atoms with Gasteiger partial charge in [0.1, 0.15) is 5.75 Å². The molecule has 7 heteroatoms. The van der Waals surface area contributed by atoms with E-state index in [9.17, 15) is 9.59 Å². The summed E-state index contributed by atoms with van der Waals surface area (Å²) in [4.78, 5) is 24.0. The number of nitrogens with zero attached hydrogens (tertiary/aromatic N) is 1. The van der Waals surface area contributed by atoms with Gasteiger partial charge in [-0.05, 0) is 55.3 Å². The molecule has 0 bridgehead atoms. The Morgan fingerprint density at radius 2 is 1.55 bits per heavy atom. The van der Waals surface area contributed by atoms with E-state index in [1.807, 2.05) is 6.07 Å². The maximum Gasteiger partial charge on any atom is 0.328 e. The number of rotatable bonds is 5. The Hall–Kier alpha value is -2.77. The molecule has 1 aliphatic rings. The molecule has 0 radical (unpaired) electrons. The third-order valence-electron chi connectivity index (χ3n) is 4.35. The SMILES string of the molecule is COc1cc2c(cc1Sc1ccccc1)CCN(C)CC2.O=C(O)C=CC(=O)O. The first-order valence-electron chi connectivity index (χ1n) is 9.14. The van der Waals surface area contributed by atoms with Crippen LogP contribution in [-0.4, -0.2) is 54.3 Å². The van der Waals surface area contributed by atoms with Crippen LogP contribution in [0, 0.1) is 0 Å². The van der Waals surface area contributed by atoms with Crippen LogP contribution in [0.2, 0.25) is 0 Å². The Balaban J connectivity index is 0.000000321. The van der Waals surface area contributed by atoms with Crippen molar-refractivity contribution in [2.24, 2.45) is 0 Å². The second-order valence-electron chi connectivity index (χ2n) is 6.50. The lowest BCUT2D eigenvalue weighted by Crippen LogP contribution is -2.20. The lowest BCUT2D eigenvalue weighted by molar-refractivity contribution is -0.134. The highest BCUT2D eigenvalue weighted by Crippen LogP contribution is 2.37. The molecular formula is C22H25NO5S. The van der Waals surface area contributed by atoms with Crippen LogP contribution in [0.4, 0.5) is 0 Å². The van der Waals surface area contributed by atoms with Crippen molar-refractivity contribution in [3.63, 3.8) is 0 Å². The minimum atomic E-state index is -1.26. The Morgan fingerprint density at radius 3 is 2.07 bits per heavy atom. The minimum Gasteiger partial charge on any atom is -0.496 e. The van der Waals surface area contributed by atoms with E-state index in [2.05, 4.69) is 48.3 Å². The lowest BCUT2D eigenvalue weighted by Gasteiger charge is -2.13. The predicted octanol–water partition coefficient (Wildman–Crippen LogP) is 3.59. The Bertz CT molecular complexity index is 851. The van der Waals surface area contributed by atoms with Gasteiger partial charge in [-0.25, -0.2) is 9.59 Å². The van der Waals surface area contributed by atoms with Crippen molar-refractivity contribution in [1.82, 2.24) is 4.90 Å². The van der Waals surface area contributed by atoms with Crippen LogP contribution in [0.25, 0.3) is 0 Å². The standard InChI is InChI=1S/C18H21NOS.C4H4O4/c1-19-10-8-14-12-17(20-2)18(13-15(14)9-11-19)21-16-6-4-3-5-7-16;5-3(6)1-2-4(7)8/h3-7,12-13H,8-11H2,1-2H3;1-2H,(H,5,6)(H,7,8). The van der Waals surface area contributed by atoms with E-state index in [4.69, 9.17) is 14.9 Å². The van der Waals surface area contributed by atoms with E-state index in [1.165, 1.54) is 20.9 Å². The second kappa shape index (κ2) is 11.3. The van der Waals surface area contributed by atoms with Gasteiger partial charge in [0.25, 0.3) is 0 Å². The third-order valence-corrected chi connectivity index (χ3v) is 5.40. The molecule has 154 valence electrons. The van der Waals surface area contributed by atoms with Crippen LogP contribution in [-0.2, 0) is 22.4 Å². The van der Waals surface area contributed by atoms with Crippen molar-refractivity contribution >= 4 is 23.7 Å². The number of carboxylic acids is 2.